The molecule has 3 aromatic carbocycles. The van der Waals surface area contributed by atoms with Crippen LogP contribution in [0.1, 0.15) is 31.1 Å². The summed E-state index contributed by atoms with van der Waals surface area (Å²) in [6, 6.07) is 27.6. The van der Waals surface area contributed by atoms with Gasteiger partial charge < -0.3 is 15.0 Å². The van der Waals surface area contributed by atoms with Crippen LogP contribution in [0.25, 0.3) is 22.4 Å². The van der Waals surface area contributed by atoms with E-state index in [4.69, 9.17) is 4.74 Å². The molecular weight excluding hydrogens is 436 g/mol. The van der Waals surface area contributed by atoms with Crippen LogP contribution in [0.4, 0.5) is 17.2 Å². The second kappa shape index (κ2) is 11.3. The summed E-state index contributed by atoms with van der Waals surface area (Å²) >= 11 is 0. The molecule has 1 heterocycles. The van der Waals surface area contributed by atoms with Crippen molar-refractivity contribution in [2.24, 2.45) is 0 Å². The Morgan fingerprint density at radius 2 is 1.40 bits per heavy atom. The maximum atomic E-state index is 13.3. The fraction of sp³-hybridized carbons (Fsp3) is 0.207. The number of hydrogen-bond acceptors (Lipinski definition) is 6. The summed E-state index contributed by atoms with van der Waals surface area (Å²) in [4.78, 5) is 15.6. The topological polar surface area (TPSA) is 67.3 Å². The number of esters is 1. The van der Waals surface area contributed by atoms with Crippen LogP contribution in [0, 0.1) is 0 Å². The normalized spacial score (nSPS) is 10.6. The van der Waals surface area contributed by atoms with Crippen LogP contribution < -0.4 is 10.2 Å². The van der Waals surface area contributed by atoms with Crippen molar-refractivity contribution in [3.8, 4) is 22.4 Å². The first-order valence-corrected chi connectivity index (χ1v) is 12.0. The van der Waals surface area contributed by atoms with Crippen molar-refractivity contribution in [2.45, 2.75) is 20.8 Å². The van der Waals surface area contributed by atoms with Gasteiger partial charge in [-0.2, -0.15) is 0 Å². The highest BCUT2D eigenvalue weighted by molar-refractivity contribution is 6.05. The lowest BCUT2D eigenvalue weighted by atomic mass is 9.95. The Bertz CT molecular complexity index is 1260. The zero-order valence-electron chi connectivity index (χ0n) is 20.4. The molecule has 0 saturated carbocycles. The summed E-state index contributed by atoms with van der Waals surface area (Å²) in [5.74, 6) is -0.0849. The third kappa shape index (κ3) is 5.32. The highest BCUT2D eigenvalue weighted by Gasteiger charge is 2.25. The molecule has 4 rings (SSSR count). The minimum atomic E-state index is -0.444. The molecule has 0 atom stereocenters. The molecule has 4 aromatic rings. The summed E-state index contributed by atoms with van der Waals surface area (Å²) in [5, 5.41) is 12.3. The third-order valence-corrected chi connectivity index (χ3v) is 5.82. The van der Waals surface area contributed by atoms with Crippen LogP contribution in [-0.4, -0.2) is 35.9 Å². The van der Waals surface area contributed by atoms with Gasteiger partial charge in [0.05, 0.1) is 6.61 Å². The van der Waals surface area contributed by atoms with Gasteiger partial charge in [-0.1, -0.05) is 60.7 Å². The van der Waals surface area contributed by atoms with E-state index in [2.05, 4.69) is 46.4 Å². The number of anilines is 3. The van der Waals surface area contributed by atoms with E-state index in [-0.39, 0.29) is 6.61 Å². The fourth-order valence-corrected chi connectivity index (χ4v) is 4.09. The van der Waals surface area contributed by atoms with Gasteiger partial charge in [0, 0.05) is 35.6 Å². The van der Waals surface area contributed by atoms with Gasteiger partial charge in [-0.15, -0.1) is 10.2 Å². The predicted octanol–water partition coefficient (Wildman–Crippen LogP) is 6.58. The van der Waals surface area contributed by atoms with Crippen LogP contribution in [0.2, 0.25) is 0 Å². The SMILES string of the molecule is CCOC(=O)c1c(Nc2ccc(N(CC)CC)cc2)nnc(-c2ccccc2)c1-c1ccccc1. The maximum Gasteiger partial charge on any atom is 0.342 e. The van der Waals surface area contributed by atoms with Crippen LogP contribution in [0.15, 0.2) is 84.9 Å². The van der Waals surface area contributed by atoms with E-state index in [0.717, 1.165) is 35.6 Å². The van der Waals surface area contributed by atoms with Gasteiger partial charge in [0.2, 0.25) is 0 Å². The van der Waals surface area contributed by atoms with Gasteiger partial charge in [-0.3, -0.25) is 0 Å². The molecule has 0 aliphatic heterocycles. The molecule has 0 saturated heterocycles. The number of hydrogen-bond donors (Lipinski definition) is 1. The van der Waals surface area contributed by atoms with Crippen molar-refractivity contribution >= 4 is 23.2 Å². The molecule has 35 heavy (non-hydrogen) atoms. The second-order valence-electron chi connectivity index (χ2n) is 7.94. The lowest BCUT2D eigenvalue weighted by Crippen LogP contribution is -2.21. The van der Waals surface area contributed by atoms with Crippen molar-refractivity contribution in [1.29, 1.82) is 0 Å². The largest absolute Gasteiger partial charge is 0.462 e. The first kappa shape index (κ1) is 24.0. The number of nitrogens with one attached hydrogen (secondary N) is 1. The van der Waals surface area contributed by atoms with E-state index in [0.29, 0.717) is 22.6 Å². The van der Waals surface area contributed by atoms with E-state index >= 15 is 0 Å². The standard InChI is InChI=1S/C29H30N4O2/c1-4-33(5-2)24-19-17-23(18-20-24)30-28-26(29(34)35-6-3)25(21-13-9-7-10-14-21)27(31-32-28)22-15-11-8-12-16-22/h7-20H,4-6H2,1-3H3,(H,30,32). The van der Waals surface area contributed by atoms with E-state index in [9.17, 15) is 4.79 Å². The number of aromatic nitrogens is 2. The van der Waals surface area contributed by atoms with Crippen molar-refractivity contribution in [3.63, 3.8) is 0 Å². The molecule has 0 radical (unpaired) electrons. The first-order chi connectivity index (χ1) is 17.2. The maximum absolute atomic E-state index is 13.3. The summed E-state index contributed by atoms with van der Waals surface area (Å²) in [7, 11) is 0. The highest BCUT2D eigenvalue weighted by Crippen LogP contribution is 2.37. The number of ether oxygens (including phenoxy) is 1. The smallest absolute Gasteiger partial charge is 0.342 e. The first-order valence-electron chi connectivity index (χ1n) is 12.0. The van der Waals surface area contributed by atoms with Gasteiger partial charge in [0.25, 0.3) is 0 Å². The Morgan fingerprint density at radius 3 is 1.97 bits per heavy atom. The number of carbonyl (C=O) groups is 1. The van der Waals surface area contributed by atoms with Gasteiger partial charge in [-0.05, 0) is 50.6 Å². The molecular formula is C29H30N4O2. The quantitative estimate of drug-likeness (QED) is 0.281. The van der Waals surface area contributed by atoms with Crippen LogP contribution in [0.5, 0.6) is 0 Å². The minimum Gasteiger partial charge on any atom is -0.462 e. The predicted molar refractivity (Wildman–Crippen MR) is 142 cm³/mol. The molecule has 0 amide bonds. The Labute approximate surface area is 206 Å². The fourth-order valence-electron chi connectivity index (χ4n) is 4.09. The molecule has 178 valence electrons. The second-order valence-corrected chi connectivity index (χ2v) is 7.94. The molecule has 0 fully saturated rings. The Balaban J connectivity index is 1.86. The van der Waals surface area contributed by atoms with Crippen molar-refractivity contribution in [3.05, 3.63) is 90.5 Å². The van der Waals surface area contributed by atoms with Crippen molar-refractivity contribution in [2.75, 3.05) is 29.9 Å². The average Bonchev–Trinajstić information content (AvgIpc) is 2.91. The van der Waals surface area contributed by atoms with Crippen LogP contribution in [-0.2, 0) is 4.74 Å². The molecule has 6 heteroatoms. The number of benzene rings is 3. The van der Waals surface area contributed by atoms with Crippen molar-refractivity contribution < 1.29 is 9.53 Å². The van der Waals surface area contributed by atoms with E-state index < -0.39 is 5.97 Å². The number of rotatable bonds is 9. The zero-order chi connectivity index (χ0) is 24.6. The van der Waals surface area contributed by atoms with E-state index in [1.807, 2.05) is 72.8 Å². The van der Waals surface area contributed by atoms with Crippen LogP contribution >= 0.6 is 0 Å². The summed E-state index contributed by atoms with van der Waals surface area (Å²) in [6.45, 7) is 8.19. The van der Waals surface area contributed by atoms with Gasteiger partial charge in [0.15, 0.2) is 5.82 Å². The van der Waals surface area contributed by atoms with Gasteiger partial charge >= 0.3 is 5.97 Å². The van der Waals surface area contributed by atoms with Crippen LogP contribution in [0.3, 0.4) is 0 Å². The Kier molecular flexibility index (Phi) is 7.73. The van der Waals surface area contributed by atoms with Gasteiger partial charge in [0.1, 0.15) is 11.3 Å². The van der Waals surface area contributed by atoms with E-state index in [1.54, 1.807) is 6.92 Å². The molecule has 1 N–H and O–H groups in total. The molecule has 0 aliphatic rings. The Hall–Kier alpha value is -4.19. The third-order valence-electron chi connectivity index (χ3n) is 5.82. The molecule has 0 spiro atoms. The monoisotopic (exact) mass is 466 g/mol. The lowest BCUT2D eigenvalue weighted by molar-refractivity contribution is 0.0528. The summed E-state index contributed by atoms with van der Waals surface area (Å²) < 4.78 is 5.49. The zero-order valence-corrected chi connectivity index (χ0v) is 20.4. The van der Waals surface area contributed by atoms with Gasteiger partial charge in [-0.25, -0.2) is 4.79 Å². The summed E-state index contributed by atoms with van der Waals surface area (Å²) in [6.07, 6.45) is 0. The molecule has 0 unspecified atom stereocenters. The molecule has 0 bridgehead atoms. The Morgan fingerprint density at radius 1 is 0.800 bits per heavy atom. The molecule has 0 aliphatic carbocycles. The molecule has 1 aromatic heterocycles. The number of nitrogens with zero attached hydrogens (tertiary/aromatic N) is 3. The molecule has 6 nitrogen and oxygen atoms in total. The van der Waals surface area contributed by atoms with E-state index in [1.165, 1.54) is 0 Å². The minimum absolute atomic E-state index is 0.258. The number of carbonyl (C=O) groups excluding carboxylic acids is 1. The average molecular weight is 467 g/mol. The van der Waals surface area contributed by atoms with Crippen molar-refractivity contribution in [1.82, 2.24) is 10.2 Å². The summed E-state index contributed by atoms with van der Waals surface area (Å²) in [5.41, 5.74) is 5.37. The lowest BCUT2D eigenvalue weighted by Gasteiger charge is -2.21. The highest BCUT2D eigenvalue weighted by atomic mass is 16.5.